The molecule has 2 aromatic carbocycles. The van der Waals surface area contributed by atoms with Crippen LogP contribution in [0.15, 0.2) is 52.4 Å². The maximum atomic E-state index is 14.4. The van der Waals surface area contributed by atoms with Gasteiger partial charge >= 0.3 is 0 Å². The predicted octanol–water partition coefficient (Wildman–Crippen LogP) is 4.13. The van der Waals surface area contributed by atoms with Gasteiger partial charge in [0.2, 0.25) is 5.91 Å². The van der Waals surface area contributed by atoms with Crippen LogP contribution in [-0.4, -0.2) is 15.5 Å². The summed E-state index contributed by atoms with van der Waals surface area (Å²) in [5.41, 5.74) is 2.04. The standard InChI is InChI=1S/C22H19F2N3O2S/c1-12-5-3-4-6-13(12)11-30-22-26-21(29)19-16(10-18(28)25-20(19)27(22)2)15-8-7-14(23)9-17(15)24/h3-9,16H,10-11H2,1-2H3,(H,25,28)/t16-/m0/s1. The van der Waals surface area contributed by atoms with E-state index in [0.717, 1.165) is 23.3 Å². The number of benzene rings is 2. The van der Waals surface area contributed by atoms with Crippen LogP contribution in [0.25, 0.3) is 0 Å². The Hall–Kier alpha value is -3.00. The van der Waals surface area contributed by atoms with Crippen LogP contribution < -0.4 is 10.9 Å². The fourth-order valence-electron chi connectivity index (χ4n) is 3.63. The molecule has 1 aliphatic heterocycles. The Morgan fingerprint density at radius 2 is 1.97 bits per heavy atom. The van der Waals surface area contributed by atoms with Crippen LogP contribution in [0, 0.1) is 18.6 Å². The highest BCUT2D eigenvalue weighted by molar-refractivity contribution is 7.98. The summed E-state index contributed by atoms with van der Waals surface area (Å²) < 4.78 is 29.4. The van der Waals surface area contributed by atoms with Crippen molar-refractivity contribution in [3.63, 3.8) is 0 Å². The third-order valence-corrected chi connectivity index (χ3v) is 6.34. The number of hydrogen-bond donors (Lipinski definition) is 1. The molecule has 3 aromatic rings. The lowest BCUT2D eigenvalue weighted by atomic mass is 9.86. The first-order valence-electron chi connectivity index (χ1n) is 9.38. The van der Waals surface area contributed by atoms with Gasteiger partial charge in [0.25, 0.3) is 5.56 Å². The zero-order chi connectivity index (χ0) is 21.4. The summed E-state index contributed by atoms with van der Waals surface area (Å²) in [6.45, 7) is 2.01. The quantitative estimate of drug-likeness (QED) is 0.502. The Morgan fingerprint density at radius 1 is 1.20 bits per heavy atom. The molecule has 5 nitrogen and oxygen atoms in total. The Labute approximate surface area is 176 Å². The highest BCUT2D eigenvalue weighted by Crippen LogP contribution is 2.37. The van der Waals surface area contributed by atoms with Crippen molar-refractivity contribution in [2.75, 3.05) is 5.32 Å². The molecule has 0 spiro atoms. The van der Waals surface area contributed by atoms with E-state index in [2.05, 4.69) is 10.3 Å². The van der Waals surface area contributed by atoms with Crippen LogP contribution in [0.4, 0.5) is 14.6 Å². The SMILES string of the molecule is Cc1ccccc1CSc1nc(=O)c2c(n1C)NC(=O)C[C@H]2c1ccc(F)cc1F. The average molecular weight is 427 g/mol. The van der Waals surface area contributed by atoms with E-state index in [0.29, 0.717) is 16.7 Å². The summed E-state index contributed by atoms with van der Waals surface area (Å²) in [4.78, 5) is 29.4. The van der Waals surface area contributed by atoms with Crippen molar-refractivity contribution in [2.45, 2.75) is 30.2 Å². The van der Waals surface area contributed by atoms with Gasteiger partial charge in [0, 0.05) is 31.2 Å². The Balaban J connectivity index is 1.75. The molecular formula is C22H19F2N3O2S. The van der Waals surface area contributed by atoms with Crippen molar-refractivity contribution in [3.05, 3.63) is 86.7 Å². The molecule has 1 amide bonds. The minimum absolute atomic E-state index is 0.103. The van der Waals surface area contributed by atoms with Gasteiger partial charge in [-0.3, -0.25) is 9.59 Å². The molecule has 1 atom stereocenters. The van der Waals surface area contributed by atoms with E-state index in [1.54, 1.807) is 11.6 Å². The lowest BCUT2D eigenvalue weighted by molar-refractivity contribution is -0.116. The Bertz CT molecular complexity index is 1210. The van der Waals surface area contributed by atoms with E-state index in [-0.39, 0.29) is 23.5 Å². The van der Waals surface area contributed by atoms with Gasteiger partial charge in [-0.1, -0.05) is 42.1 Å². The van der Waals surface area contributed by atoms with Gasteiger partial charge in [-0.25, -0.2) is 8.78 Å². The lowest BCUT2D eigenvalue weighted by Crippen LogP contribution is -2.33. The van der Waals surface area contributed by atoms with Crippen LogP contribution in [0.1, 0.15) is 34.6 Å². The van der Waals surface area contributed by atoms with E-state index in [9.17, 15) is 18.4 Å². The molecule has 0 aliphatic carbocycles. The molecule has 1 aromatic heterocycles. The number of aryl methyl sites for hydroxylation is 1. The van der Waals surface area contributed by atoms with Crippen LogP contribution in [0.2, 0.25) is 0 Å². The number of carbonyl (C=O) groups excluding carboxylic acids is 1. The number of thioether (sulfide) groups is 1. The van der Waals surface area contributed by atoms with Gasteiger partial charge in [0.15, 0.2) is 5.16 Å². The van der Waals surface area contributed by atoms with Crippen molar-refractivity contribution in [3.8, 4) is 0 Å². The third kappa shape index (κ3) is 3.75. The molecule has 30 heavy (non-hydrogen) atoms. The number of aromatic nitrogens is 2. The summed E-state index contributed by atoms with van der Waals surface area (Å²) in [6.07, 6.45) is -0.109. The fraction of sp³-hybridized carbons (Fsp3) is 0.227. The fourth-order valence-corrected chi connectivity index (χ4v) is 4.67. The molecule has 0 saturated carbocycles. The van der Waals surface area contributed by atoms with E-state index < -0.39 is 23.1 Å². The van der Waals surface area contributed by atoms with Crippen LogP contribution in [0.5, 0.6) is 0 Å². The highest BCUT2D eigenvalue weighted by Gasteiger charge is 2.33. The summed E-state index contributed by atoms with van der Waals surface area (Å²) in [6, 6.07) is 11.1. The first-order valence-corrected chi connectivity index (χ1v) is 10.4. The molecule has 4 rings (SSSR count). The molecule has 2 heterocycles. The van der Waals surface area contributed by atoms with Crippen molar-refractivity contribution >= 4 is 23.5 Å². The second-order valence-electron chi connectivity index (χ2n) is 7.21. The van der Waals surface area contributed by atoms with Crippen molar-refractivity contribution < 1.29 is 13.6 Å². The molecular weight excluding hydrogens is 408 g/mol. The lowest BCUT2D eigenvalue weighted by Gasteiger charge is -2.27. The normalized spacial score (nSPS) is 15.6. The second kappa shape index (κ2) is 8.02. The zero-order valence-corrected chi connectivity index (χ0v) is 17.2. The average Bonchev–Trinajstić information content (AvgIpc) is 2.70. The molecule has 0 radical (unpaired) electrons. The van der Waals surface area contributed by atoms with Crippen molar-refractivity contribution in [2.24, 2.45) is 7.05 Å². The van der Waals surface area contributed by atoms with Crippen molar-refractivity contribution in [1.29, 1.82) is 0 Å². The summed E-state index contributed by atoms with van der Waals surface area (Å²) in [5.74, 6) is -1.77. The molecule has 8 heteroatoms. The number of amides is 1. The summed E-state index contributed by atoms with van der Waals surface area (Å²) >= 11 is 1.38. The molecule has 1 aliphatic rings. The number of fused-ring (bicyclic) bond motifs is 1. The number of nitrogens with one attached hydrogen (secondary N) is 1. The van der Waals surface area contributed by atoms with E-state index in [4.69, 9.17) is 0 Å². The Kier molecular flexibility index (Phi) is 5.42. The molecule has 0 fully saturated rings. The van der Waals surface area contributed by atoms with E-state index in [1.807, 2.05) is 31.2 Å². The maximum absolute atomic E-state index is 14.4. The number of halogens is 2. The number of nitrogens with zero attached hydrogens (tertiary/aromatic N) is 2. The van der Waals surface area contributed by atoms with Gasteiger partial charge in [-0.05, 0) is 29.7 Å². The topological polar surface area (TPSA) is 64.0 Å². The molecule has 154 valence electrons. The van der Waals surface area contributed by atoms with Gasteiger partial charge in [-0.15, -0.1) is 0 Å². The van der Waals surface area contributed by atoms with Crippen LogP contribution >= 0.6 is 11.8 Å². The molecule has 1 N–H and O–H groups in total. The summed E-state index contributed by atoms with van der Waals surface area (Å²) in [5, 5.41) is 3.17. The Morgan fingerprint density at radius 3 is 2.70 bits per heavy atom. The molecule has 0 bridgehead atoms. The second-order valence-corrected chi connectivity index (χ2v) is 8.15. The minimum Gasteiger partial charge on any atom is -0.312 e. The van der Waals surface area contributed by atoms with E-state index >= 15 is 0 Å². The number of hydrogen-bond acceptors (Lipinski definition) is 4. The monoisotopic (exact) mass is 427 g/mol. The third-order valence-electron chi connectivity index (χ3n) is 5.26. The first kappa shape index (κ1) is 20.3. The molecule has 0 saturated heterocycles. The zero-order valence-electron chi connectivity index (χ0n) is 16.4. The largest absolute Gasteiger partial charge is 0.312 e. The number of rotatable bonds is 4. The van der Waals surface area contributed by atoms with Gasteiger partial charge in [-0.2, -0.15) is 4.98 Å². The number of carbonyl (C=O) groups is 1. The smallest absolute Gasteiger partial charge is 0.279 e. The first-order chi connectivity index (χ1) is 14.3. The van der Waals surface area contributed by atoms with E-state index in [1.165, 1.54) is 17.8 Å². The number of anilines is 1. The van der Waals surface area contributed by atoms with Crippen molar-refractivity contribution in [1.82, 2.24) is 9.55 Å². The maximum Gasteiger partial charge on any atom is 0.279 e. The molecule has 0 unspecified atom stereocenters. The predicted molar refractivity (Wildman–Crippen MR) is 112 cm³/mol. The van der Waals surface area contributed by atoms with Gasteiger partial charge in [0.1, 0.15) is 17.5 Å². The van der Waals surface area contributed by atoms with Crippen LogP contribution in [0.3, 0.4) is 0 Å². The summed E-state index contributed by atoms with van der Waals surface area (Å²) in [7, 11) is 1.70. The highest BCUT2D eigenvalue weighted by atomic mass is 32.2. The van der Waals surface area contributed by atoms with Gasteiger partial charge < -0.3 is 9.88 Å². The van der Waals surface area contributed by atoms with Gasteiger partial charge in [0.05, 0.1) is 5.56 Å². The minimum atomic E-state index is -0.823. The van der Waals surface area contributed by atoms with Crippen LogP contribution in [-0.2, 0) is 17.6 Å².